The van der Waals surface area contributed by atoms with Crippen LogP contribution in [0.3, 0.4) is 0 Å². The lowest BCUT2D eigenvalue weighted by molar-refractivity contribution is -0.124. The number of ether oxygens (including phenoxy) is 1. The smallest absolute Gasteiger partial charge is 0.258 e. The number of nitrogens with one attached hydrogen (secondary N) is 1. The van der Waals surface area contributed by atoms with E-state index < -0.39 is 0 Å². The Morgan fingerprint density at radius 1 is 1.04 bits per heavy atom. The van der Waals surface area contributed by atoms with Gasteiger partial charge in [0.1, 0.15) is 5.75 Å². The van der Waals surface area contributed by atoms with Crippen molar-refractivity contribution in [1.29, 1.82) is 0 Å². The molecule has 25 heavy (non-hydrogen) atoms. The van der Waals surface area contributed by atoms with Gasteiger partial charge in [0.15, 0.2) is 6.61 Å². The van der Waals surface area contributed by atoms with E-state index in [-0.39, 0.29) is 18.6 Å². The van der Waals surface area contributed by atoms with Crippen LogP contribution in [0.25, 0.3) is 11.1 Å². The topological polar surface area (TPSA) is 38.3 Å². The molecule has 1 aliphatic rings. The van der Waals surface area contributed by atoms with Crippen LogP contribution in [0.2, 0.25) is 0 Å². The molecule has 1 aliphatic carbocycles. The molecule has 3 atom stereocenters. The normalized spacial score (nSPS) is 23.0. The molecule has 1 amide bonds. The molecule has 2 aromatic carbocycles. The van der Waals surface area contributed by atoms with E-state index in [9.17, 15) is 4.79 Å². The summed E-state index contributed by atoms with van der Waals surface area (Å²) in [7, 11) is 0. The fourth-order valence-corrected chi connectivity index (χ4v) is 3.63. The largest absolute Gasteiger partial charge is 0.483 e. The Morgan fingerprint density at radius 3 is 2.56 bits per heavy atom. The van der Waals surface area contributed by atoms with Crippen LogP contribution >= 0.6 is 0 Å². The lowest BCUT2D eigenvalue weighted by Crippen LogP contribution is -2.45. The fraction of sp³-hybridized carbons (Fsp3) is 0.409. The van der Waals surface area contributed by atoms with E-state index in [1.54, 1.807) is 0 Å². The summed E-state index contributed by atoms with van der Waals surface area (Å²) >= 11 is 0. The summed E-state index contributed by atoms with van der Waals surface area (Å²) in [5, 5.41) is 3.16. The van der Waals surface area contributed by atoms with Gasteiger partial charge in [-0.3, -0.25) is 4.79 Å². The van der Waals surface area contributed by atoms with Gasteiger partial charge in [-0.2, -0.15) is 0 Å². The van der Waals surface area contributed by atoms with Crippen LogP contribution in [0.1, 0.15) is 33.1 Å². The second-order valence-corrected chi connectivity index (χ2v) is 7.09. The fourth-order valence-electron chi connectivity index (χ4n) is 3.63. The van der Waals surface area contributed by atoms with Crippen molar-refractivity contribution >= 4 is 5.91 Å². The summed E-state index contributed by atoms with van der Waals surface area (Å²) < 4.78 is 5.84. The number of benzene rings is 2. The molecule has 3 heteroatoms. The molecule has 0 aliphatic heterocycles. The lowest BCUT2D eigenvalue weighted by Gasteiger charge is -2.34. The molecule has 0 bridgehead atoms. The first-order valence-corrected chi connectivity index (χ1v) is 9.22. The maximum Gasteiger partial charge on any atom is 0.258 e. The van der Waals surface area contributed by atoms with Crippen LogP contribution in [-0.2, 0) is 4.79 Å². The molecule has 3 rings (SSSR count). The highest BCUT2D eigenvalue weighted by Gasteiger charge is 2.28. The SMILES string of the molecule is C[C@@H]1[C@H](C)CCC[C@@H]1NC(=O)COc1ccccc1-c1ccccc1. The predicted molar refractivity (Wildman–Crippen MR) is 101 cm³/mol. The van der Waals surface area contributed by atoms with E-state index in [0.29, 0.717) is 11.8 Å². The number of amides is 1. The minimum absolute atomic E-state index is 0.0335. The van der Waals surface area contributed by atoms with Crippen LogP contribution in [-0.4, -0.2) is 18.6 Å². The molecular weight excluding hydrogens is 310 g/mol. The van der Waals surface area contributed by atoms with E-state index in [1.165, 1.54) is 12.8 Å². The Morgan fingerprint density at radius 2 is 1.76 bits per heavy atom. The van der Waals surface area contributed by atoms with Crippen molar-refractivity contribution in [3.8, 4) is 16.9 Å². The van der Waals surface area contributed by atoms with Crippen molar-refractivity contribution in [2.45, 2.75) is 39.2 Å². The number of hydrogen-bond donors (Lipinski definition) is 1. The van der Waals surface area contributed by atoms with Crippen LogP contribution < -0.4 is 10.1 Å². The molecule has 0 aromatic heterocycles. The van der Waals surface area contributed by atoms with Crippen LogP contribution in [0.4, 0.5) is 0 Å². The zero-order chi connectivity index (χ0) is 17.6. The van der Waals surface area contributed by atoms with Crippen LogP contribution in [0, 0.1) is 11.8 Å². The molecule has 0 spiro atoms. The van der Waals surface area contributed by atoms with E-state index in [4.69, 9.17) is 4.74 Å². The summed E-state index contributed by atoms with van der Waals surface area (Å²) in [5.74, 6) is 1.90. The van der Waals surface area contributed by atoms with Gasteiger partial charge in [-0.15, -0.1) is 0 Å². The van der Waals surface area contributed by atoms with Crippen molar-refractivity contribution in [3.05, 3.63) is 54.6 Å². The van der Waals surface area contributed by atoms with Crippen LogP contribution in [0.15, 0.2) is 54.6 Å². The lowest BCUT2D eigenvalue weighted by atomic mass is 9.78. The third-order valence-electron chi connectivity index (χ3n) is 5.38. The molecule has 0 radical (unpaired) electrons. The van der Waals surface area contributed by atoms with Crippen molar-refractivity contribution < 1.29 is 9.53 Å². The molecule has 2 aromatic rings. The number of carbonyl (C=O) groups is 1. The van der Waals surface area contributed by atoms with Crippen molar-refractivity contribution in [1.82, 2.24) is 5.32 Å². The summed E-state index contributed by atoms with van der Waals surface area (Å²) in [6, 6.07) is 18.2. The number of hydrogen-bond acceptors (Lipinski definition) is 2. The zero-order valence-corrected chi connectivity index (χ0v) is 15.1. The molecule has 1 fully saturated rings. The first kappa shape index (κ1) is 17.5. The molecule has 0 unspecified atom stereocenters. The number of rotatable bonds is 5. The van der Waals surface area contributed by atoms with Gasteiger partial charge in [0.05, 0.1) is 0 Å². The van der Waals surface area contributed by atoms with Gasteiger partial charge in [0, 0.05) is 11.6 Å². The second-order valence-electron chi connectivity index (χ2n) is 7.09. The Labute approximate surface area is 150 Å². The molecule has 0 saturated heterocycles. The maximum absolute atomic E-state index is 12.3. The van der Waals surface area contributed by atoms with E-state index in [2.05, 4.69) is 19.2 Å². The van der Waals surface area contributed by atoms with Gasteiger partial charge < -0.3 is 10.1 Å². The predicted octanol–water partition coefficient (Wildman–Crippen LogP) is 4.67. The molecule has 0 heterocycles. The van der Waals surface area contributed by atoms with E-state index in [1.807, 2.05) is 54.6 Å². The molecule has 1 N–H and O–H groups in total. The zero-order valence-electron chi connectivity index (χ0n) is 15.1. The van der Waals surface area contributed by atoms with Gasteiger partial charge in [-0.05, 0) is 29.9 Å². The quantitative estimate of drug-likeness (QED) is 0.861. The average molecular weight is 337 g/mol. The Hall–Kier alpha value is -2.29. The van der Waals surface area contributed by atoms with E-state index >= 15 is 0 Å². The van der Waals surface area contributed by atoms with Crippen molar-refractivity contribution in [3.63, 3.8) is 0 Å². The molecule has 3 nitrogen and oxygen atoms in total. The minimum Gasteiger partial charge on any atom is -0.483 e. The minimum atomic E-state index is -0.0335. The monoisotopic (exact) mass is 337 g/mol. The van der Waals surface area contributed by atoms with Crippen molar-refractivity contribution in [2.75, 3.05) is 6.61 Å². The Kier molecular flexibility index (Phi) is 5.75. The molecular formula is C22H27NO2. The average Bonchev–Trinajstić information content (AvgIpc) is 2.65. The second kappa shape index (κ2) is 8.19. The third kappa shape index (κ3) is 4.41. The summed E-state index contributed by atoms with van der Waals surface area (Å²) in [6.07, 6.45) is 3.51. The summed E-state index contributed by atoms with van der Waals surface area (Å²) in [4.78, 5) is 12.3. The first-order chi connectivity index (χ1) is 12.1. The van der Waals surface area contributed by atoms with Gasteiger partial charge in [-0.25, -0.2) is 0 Å². The Bertz CT molecular complexity index is 698. The van der Waals surface area contributed by atoms with Crippen molar-refractivity contribution in [2.24, 2.45) is 11.8 Å². The Balaban J connectivity index is 1.61. The van der Waals surface area contributed by atoms with Gasteiger partial charge >= 0.3 is 0 Å². The highest BCUT2D eigenvalue weighted by atomic mass is 16.5. The standard InChI is InChI=1S/C22H27NO2/c1-16-9-8-13-20(17(16)2)23-22(24)15-25-21-14-7-6-12-19(21)18-10-4-3-5-11-18/h3-7,10-12,14,16-17,20H,8-9,13,15H2,1-2H3,(H,23,24)/t16-,17-,20+/m1/s1. The van der Waals surface area contributed by atoms with Gasteiger partial charge in [-0.1, -0.05) is 75.2 Å². The summed E-state index contributed by atoms with van der Waals surface area (Å²) in [6.45, 7) is 4.57. The highest BCUT2D eigenvalue weighted by molar-refractivity contribution is 5.78. The number of para-hydroxylation sites is 1. The van der Waals surface area contributed by atoms with Gasteiger partial charge in [0.2, 0.25) is 0 Å². The molecule has 1 saturated carbocycles. The third-order valence-corrected chi connectivity index (χ3v) is 5.38. The van der Waals surface area contributed by atoms with E-state index in [0.717, 1.165) is 23.3 Å². The first-order valence-electron chi connectivity index (χ1n) is 9.22. The van der Waals surface area contributed by atoms with Gasteiger partial charge in [0.25, 0.3) is 5.91 Å². The molecule has 132 valence electrons. The maximum atomic E-state index is 12.3. The number of carbonyl (C=O) groups excluding carboxylic acids is 1. The highest BCUT2D eigenvalue weighted by Crippen LogP contribution is 2.30. The van der Waals surface area contributed by atoms with Crippen LogP contribution in [0.5, 0.6) is 5.75 Å². The summed E-state index contributed by atoms with van der Waals surface area (Å²) in [5.41, 5.74) is 2.10.